The number of rotatable bonds is 3. The zero-order valence-corrected chi connectivity index (χ0v) is 10.5. The fraction of sp³-hybridized carbons (Fsp3) is 0.188. The smallest absolute Gasteiger partial charge is 0.106 e. The highest BCUT2D eigenvalue weighted by Gasteiger charge is 2.06. The Morgan fingerprint density at radius 2 is 1.83 bits per heavy atom. The summed E-state index contributed by atoms with van der Waals surface area (Å²) in [5.74, 6) is 1.06. The Labute approximate surface area is 107 Å². The Bertz CT molecular complexity index is 653. The zero-order chi connectivity index (χ0) is 12.4. The van der Waals surface area contributed by atoms with E-state index in [-0.39, 0.29) is 0 Å². The van der Waals surface area contributed by atoms with Gasteiger partial charge < -0.3 is 4.98 Å². The molecule has 2 heteroatoms. The number of nitrogens with one attached hydrogen (secondary N) is 1. The number of aromatic nitrogens is 2. The predicted octanol–water partition coefficient (Wildman–Crippen LogP) is 3.72. The molecule has 0 radical (unpaired) electrons. The van der Waals surface area contributed by atoms with Crippen LogP contribution in [0.4, 0.5) is 0 Å². The minimum Gasteiger partial charge on any atom is -0.342 e. The molecular formula is C16H16N2. The number of fused-ring (bicyclic) bond motifs is 1. The SMILES string of the molecule is CCc1nc2c(Cc3ccccc3)cccc2[nH]1. The summed E-state index contributed by atoms with van der Waals surface area (Å²) in [5, 5.41) is 0. The van der Waals surface area contributed by atoms with Crippen LogP contribution in [-0.2, 0) is 12.8 Å². The lowest BCUT2D eigenvalue weighted by Gasteiger charge is -2.02. The first-order valence-electron chi connectivity index (χ1n) is 6.37. The van der Waals surface area contributed by atoms with E-state index < -0.39 is 0 Å². The van der Waals surface area contributed by atoms with Crippen LogP contribution in [0.2, 0.25) is 0 Å². The Morgan fingerprint density at radius 3 is 2.61 bits per heavy atom. The third kappa shape index (κ3) is 2.02. The molecule has 0 atom stereocenters. The van der Waals surface area contributed by atoms with Crippen LogP contribution in [0.25, 0.3) is 11.0 Å². The maximum Gasteiger partial charge on any atom is 0.106 e. The van der Waals surface area contributed by atoms with Crippen LogP contribution in [0.15, 0.2) is 48.5 Å². The number of aryl methyl sites for hydroxylation is 1. The van der Waals surface area contributed by atoms with Crippen LogP contribution in [0, 0.1) is 0 Å². The van der Waals surface area contributed by atoms with Crippen molar-refractivity contribution in [2.75, 3.05) is 0 Å². The predicted molar refractivity (Wildman–Crippen MR) is 74.7 cm³/mol. The van der Waals surface area contributed by atoms with E-state index in [1.54, 1.807) is 0 Å². The first-order chi connectivity index (χ1) is 8.86. The van der Waals surface area contributed by atoms with Gasteiger partial charge in [-0.2, -0.15) is 0 Å². The minimum atomic E-state index is 0.937. The molecule has 1 heterocycles. The summed E-state index contributed by atoms with van der Waals surface area (Å²) < 4.78 is 0. The van der Waals surface area contributed by atoms with Crippen LogP contribution in [0.1, 0.15) is 23.9 Å². The van der Waals surface area contributed by atoms with E-state index in [4.69, 9.17) is 0 Å². The molecule has 0 unspecified atom stereocenters. The largest absolute Gasteiger partial charge is 0.342 e. The molecule has 0 saturated heterocycles. The number of hydrogen-bond donors (Lipinski definition) is 1. The average molecular weight is 236 g/mol. The molecule has 0 aliphatic heterocycles. The van der Waals surface area contributed by atoms with Crippen molar-refractivity contribution in [1.82, 2.24) is 9.97 Å². The lowest BCUT2D eigenvalue weighted by molar-refractivity contribution is 0.999. The highest BCUT2D eigenvalue weighted by Crippen LogP contribution is 2.19. The van der Waals surface area contributed by atoms with Crippen molar-refractivity contribution >= 4 is 11.0 Å². The Balaban J connectivity index is 2.03. The van der Waals surface area contributed by atoms with Crippen LogP contribution in [0.5, 0.6) is 0 Å². The van der Waals surface area contributed by atoms with E-state index in [2.05, 4.69) is 59.4 Å². The standard InChI is InChI=1S/C16H16N2/c1-2-15-17-14-10-6-9-13(16(14)18-15)11-12-7-4-3-5-8-12/h3-10H,2,11H2,1H3,(H,17,18). The van der Waals surface area contributed by atoms with E-state index >= 15 is 0 Å². The van der Waals surface area contributed by atoms with Gasteiger partial charge in [-0.15, -0.1) is 0 Å². The molecular weight excluding hydrogens is 220 g/mol. The molecule has 1 aromatic heterocycles. The van der Waals surface area contributed by atoms with Gasteiger partial charge >= 0.3 is 0 Å². The first kappa shape index (κ1) is 11.0. The van der Waals surface area contributed by atoms with Gasteiger partial charge in [0, 0.05) is 6.42 Å². The number of benzene rings is 2. The van der Waals surface area contributed by atoms with Gasteiger partial charge in [0.25, 0.3) is 0 Å². The van der Waals surface area contributed by atoms with Crippen molar-refractivity contribution in [2.45, 2.75) is 19.8 Å². The second-order valence-corrected chi connectivity index (χ2v) is 4.51. The minimum absolute atomic E-state index is 0.937. The lowest BCUT2D eigenvalue weighted by Crippen LogP contribution is -1.89. The molecule has 2 nitrogen and oxygen atoms in total. The van der Waals surface area contributed by atoms with Gasteiger partial charge in [0.2, 0.25) is 0 Å². The summed E-state index contributed by atoms with van der Waals surface area (Å²) in [6.45, 7) is 2.12. The van der Waals surface area contributed by atoms with Gasteiger partial charge in [0.05, 0.1) is 11.0 Å². The van der Waals surface area contributed by atoms with E-state index in [0.717, 1.165) is 29.7 Å². The summed E-state index contributed by atoms with van der Waals surface area (Å²) in [5.41, 5.74) is 4.86. The average Bonchev–Trinajstić information content (AvgIpc) is 2.84. The molecule has 0 saturated carbocycles. The van der Waals surface area contributed by atoms with Crippen LogP contribution in [0.3, 0.4) is 0 Å². The van der Waals surface area contributed by atoms with Crippen molar-refractivity contribution in [1.29, 1.82) is 0 Å². The molecule has 3 rings (SSSR count). The normalized spacial score (nSPS) is 10.9. The fourth-order valence-corrected chi connectivity index (χ4v) is 2.27. The van der Waals surface area contributed by atoms with Crippen LogP contribution in [-0.4, -0.2) is 9.97 Å². The number of hydrogen-bond acceptors (Lipinski definition) is 1. The lowest BCUT2D eigenvalue weighted by atomic mass is 10.0. The number of para-hydroxylation sites is 1. The van der Waals surface area contributed by atoms with E-state index in [1.807, 2.05) is 6.07 Å². The number of nitrogens with zero attached hydrogens (tertiary/aromatic N) is 1. The summed E-state index contributed by atoms with van der Waals surface area (Å²) in [6, 6.07) is 16.9. The molecule has 0 fully saturated rings. The highest BCUT2D eigenvalue weighted by atomic mass is 14.9. The van der Waals surface area contributed by atoms with Gasteiger partial charge in [0.1, 0.15) is 5.82 Å². The van der Waals surface area contributed by atoms with Crippen LogP contribution >= 0.6 is 0 Å². The monoisotopic (exact) mass is 236 g/mol. The van der Waals surface area contributed by atoms with E-state index in [1.165, 1.54) is 11.1 Å². The molecule has 1 N–H and O–H groups in total. The second kappa shape index (κ2) is 4.65. The maximum absolute atomic E-state index is 4.67. The number of H-pyrrole nitrogens is 1. The maximum atomic E-state index is 4.67. The molecule has 0 spiro atoms. The van der Waals surface area contributed by atoms with Gasteiger partial charge in [-0.3, -0.25) is 0 Å². The summed E-state index contributed by atoms with van der Waals surface area (Å²) >= 11 is 0. The van der Waals surface area contributed by atoms with Gasteiger partial charge in [-0.25, -0.2) is 4.98 Å². The highest BCUT2D eigenvalue weighted by molar-refractivity contribution is 5.79. The van der Waals surface area contributed by atoms with Crippen molar-refractivity contribution in [3.63, 3.8) is 0 Å². The summed E-state index contributed by atoms with van der Waals surface area (Å²) in [7, 11) is 0. The van der Waals surface area contributed by atoms with Gasteiger partial charge in [-0.1, -0.05) is 49.4 Å². The summed E-state index contributed by atoms with van der Waals surface area (Å²) in [4.78, 5) is 8.03. The van der Waals surface area contributed by atoms with Gasteiger partial charge in [0.15, 0.2) is 0 Å². The van der Waals surface area contributed by atoms with E-state index in [0.29, 0.717) is 0 Å². The fourth-order valence-electron chi connectivity index (χ4n) is 2.27. The van der Waals surface area contributed by atoms with Crippen molar-refractivity contribution < 1.29 is 0 Å². The molecule has 3 aromatic rings. The van der Waals surface area contributed by atoms with Gasteiger partial charge in [-0.05, 0) is 23.6 Å². The molecule has 0 aliphatic carbocycles. The molecule has 90 valence electrons. The number of imidazole rings is 1. The van der Waals surface area contributed by atoms with Crippen molar-refractivity contribution in [2.24, 2.45) is 0 Å². The van der Waals surface area contributed by atoms with E-state index in [9.17, 15) is 0 Å². The number of aromatic amines is 1. The molecule has 0 amide bonds. The third-order valence-corrected chi connectivity index (χ3v) is 3.22. The third-order valence-electron chi connectivity index (χ3n) is 3.22. The topological polar surface area (TPSA) is 28.7 Å². The van der Waals surface area contributed by atoms with Crippen molar-refractivity contribution in [3.8, 4) is 0 Å². The quantitative estimate of drug-likeness (QED) is 0.737. The molecule has 18 heavy (non-hydrogen) atoms. The zero-order valence-electron chi connectivity index (χ0n) is 10.5. The molecule has 0 aliphatic rings. The Hall–Kier alpha value is -2.09. The summed E-state index contributed by atoms with van der Waals surface area (Å²) in [6.07, 6.45) is 1.88. The second-order valence-electron chi connectivity index (χ2n) is 4.51. The first-order valence-corrected chi connectivity index (χ1v) is 6.37. The van der Waals surface area contributed by atoms with Crippen molar-refractivity contribution in [3.05, 3.63) is 65.5 Å². The van der Waals surface area contributed by atoms with Crippen LogP contribution < -0.4 is 0 Å². The Kier molecular flexibility index (Phi) is 2.85. The molecule has 0 bridgehead atoms. The Morgan fingerprint density at radius 1 is 1.00 bits per heavy atom. The molecule has 2 aromatic carbocycles.